The summed E-state index contributed by atoms with van der Waals surface area (Å²) < 4.78 is 4.58. The number of ether oxygens (including phenoxy) is 1. The number of carbonyl (C=O) groups is 1. The van der Waals surface area contributed by atoms with Crippen molar-refractivity contribution >= 4 is 41.5 Å². The van der Waals surface area contributed by atoms with Gasteiger partial charge in [-0.25, -0.2) is 0 Å². The smallest absolute Gasteiger partial charge is 0.306 e. The Bertz CT molecular complexity index is 530. The number of hydrogen-bond acceptors (Lipinski definition) is 5. The molecule has 1 aromatic carbocycles. The first kappa shape index (κ1) is 16.3. The topological polar surface area (TPSA) is 103 Å². The van der Waals surface area contributed by atoms with Crippen molar-refractivity contribution in [1.82, 2.24) is 0 Å². The molecule has 6 nitrogen and oxygen atoms in total. The van der Waals surface area contributed by atoms with Crippen LogP contribution in [0.1, 0.15) is 12.0 Å². The Labute approximate surface area is 126 Å². The van der Waals surface area contributed by atoms with Gasteiger partial charge >= 0.3 is 5.97 Å². The zero-order valence-corrected chi connectivity index (χ0v) is 12.4. The molecule has 0 unspecified atom stereocenters. The predicted molar refractivity (Wildman–Crippen MR) is 82.2 cm³/mol. The summed E-state index contributed by atoms with van der Waals surface area (Å²) in [4.78, 5) is 12.0. The highest BCUT2D eigenvalue weighted by Gasteiger charge is 2.07. The largest absolute Gasteiger partial charge is 0.469 e. The molecule has 0 amide bonds. The van der Waals surface area contributed by atoms with Gasteiger partial charge in [-0.05, 0) is 12.1 Å². The Hall–Kier alpha value is -1.73. The fourth-order valence-electron chi connectivity index (χ4n) is 1.27. The lowest BCUT2D eigenvalue weighted by Gasteiger charge is -2.06. The van der Waals surface area contributed by atoms with E-state index in [2.05, 4.69) is 14.9 Å². The van der Waals surface area contributed by atoms with Crippen molar-refractivity contribution in [3.8, 4) is 0 Å². The number of halogens is 1. The summed E-state index contributed by atoms with van der Waals surface area (Å²) in [5.41, 5.74) is 11.1. The standard InChI is InChI=1S/C12H15ClN4O2S/c1-19-11(18)5-6-20-10-4-2-3-9(13)8(10)7-16-17-12(14)15/h2-4,7H,5-6H2,1H3,(H4,14,15,17). The third kappa shape index (κ3) is 5.50. The lowest BCUT2D eigenvalue weighted by Crippen LogP contribution is -2.21. The highest BCUT2D eigenvalue weighted by Crippen LogP contribution is 2.27. The maximum atomic E-state index is 11.1. The van der Waals surface area contributed by atoms with Crippen LogP contribution in [0.15, 0.2) is 33.3 Å². The number of thioether (sulfide) groups is 1. The molecular formula is C12H15ClN4O2S. The molecule has 4 N–H and O–H groups in total. The number of benzene rings is 1. The maximum Gasteiger partial charge on any atom is 0.306 e. The lowest BCUT2D eigenvalue weighted by molar-refractivity contribution is -0.140. The lowest BCUT2D eigenvalue weighted by atomic mass is 10.2. The minimum Gasteiger partial charge on any atom is -0.469 e. The minimum atomic E-state index is -0.254. The van der Waals surface area contributed by atoms with Gasteiger partial charge in [-0.2, -0.15) is 5.10 Å². The zero-order chi connectivity index (χ0) is 15.0. The first-order valence-corrected chi connectivity index (χ1v) is 7.01. The van der Waals surface area contributed by atoms with Gasteiger partial charge in [0.1, 0.15) is 0 Å². The predicted octanol–water partition coefficient (Wildman–Crippen LogP) is 1.60. The molecule has 0 heterocycles. The number of nitrogens with two attached hydrogens (primary N) is 2. The van der Waals surface area contributed by atoms with Gasteiger partial charge in [-0.1, -0.05) is 17.7 Å². The van der Waals surface area contributed by atoms with Crippen LogP contribution in [-0.4, -0.2) is 31.0 Å². The van der Waals surface area contributed by atoms with Crippen LogP contribution in [0.2, 0.25) is 5.02 Å². The number of hydrogen-bond donors (Lipinski definition) is 2. The van der Waals surface area contributed by atoms with Crippen molar-refractivity contribution < 1.29 is 9.53 Å². The monoisotopic (exact) mass is 314 g/mol. The van der Waals surface area contributed by atoms with Crippen LogP contribution in [-0.2, 0) is 9.53 Å². The highest BCUT2D eigenvalue weighted by atomic mass is 35.5. The number of methoxy groups -OCH3 is 1. The summed E-state index contributed by atoms with van der Waals surface area (Å²) in [6.45, 7) is 0. The fraction of sp³-hybridized carbons (Fsp3) is 0.250. The van der Waals surface area contributed by atoms with Gasteiger partial charge in [-0.15, -0.1) is 16.9 Å². The number of guanidine groups is 1. The van der Waals surface area contributed by atoms with Crippen molar-refractivity contribution in [3.63, 3.8) is 0 Å². The minimum absolute atomic E-state index is 0.131. The summed E-state index contributed by atoms with van der Waals surface area (Å²) in [6, 6.07) is 5.44. The molecule has 0 radical (unpaired) electrons. The van der Waals surface area contributed by atoms with E-state index in [-0.39, 0.29) is 11.9 Å². The maximum absolute atomic E-state index is 11.1. The molecule has 1 rings (SSSR count). The SMILES string of the molecule is COC(=O)CCSc1cccc(Cl)c1C=NN=C(N)N. The van der Waals surface area contributed by atoms with E-state index in [9.17, 15) is 4.79 Å². The van der Waals surface area contributed by atoms with Gasteiger partial charge in [0.15, 0.2) is 0 Å². The van der Waals surface area contributed by atoms with E-state index < -0.39 is 0 Å². The second-order valence-corrected chi connectivity index (χ2v) is 5.14. The Kier molecular flexibility index (Phi) is 6.89. The van der Waals surface area contributed by atoms with Crippen LogP contribution in [0, 0.1) is 0 Å². The average molecular weight is 315 g/mol. The van der Waals surface area contributed by atoms with Gasteiger partial charge in [0.25, 0.3) is 0 Å². The Morgan fingerprint density at radius 1 is 1.50 bits per heavy atom. The van der Waals surface area contributed by atoms with Crippen molar-refractivity contribution in [1.29, 1.82) is 0 Å². The summed E-state index contributed by atoms with van der Waals surface area (Å²) in [7, 11) is 1.36. The van der Waals surface area contributed by atoms with Crippen molar-refractivity contribution in [2.24, 2.45) is 21.7 Å². The van der Waals surface area contributed by atoms with E-state index in [1.807, 2.05) is 12.1 Å². The highest BCUT2D eigenvalue weighted by molar-refractivity contribution is 7.99. The summed E-state index contributed by atoms with van der Waals surface area (Å²) in [6.07, 6.45) is 1.79. The number of rotatable bonds is 6. The van der Waals surface area contributed by atoms with Crippen LogP contribution < -0.4 is 11.5 Å². The molecule has 1 aromatic rings. The average Bonchev–Trinajstić information content (AvgIpc) is 2.41. The van der Waals surface area contributed by atoms with E-state index in [0.29, 0.717) is 22.8 Å². The molecule has 0 aliphatic carbocycles. The molecule has 0 aliphatic heterocycles. The molecule has 0 spiro atoms. The van der Waals surface area contributed by atoms with Gasteiger partial charge in [-0.3, -0.25) is 4.79 Å². The molecule has 20 heavy (non-hydrogen) atoms. The van der Waals surface area contributed by atoms with Gasteiger partial charge in [0.2, 0.25) is 5.96 Å². The molecule has 0 aliphatic rings. The normalized spacial score (nSPS) is 10.5. The van der Waals surface area contributed by atoms with Crippen LogP contribution in [0.4, 0.5) is 0 Å². The molecule has 108 valence electrons. The van der Waals surface area contributed by atoms with Crippen LogP contribution in [0.3, 0.4) is 0 Å². The molecular weight excluding hydrogens is 300 g/mol. The van der Waals surface area contributed by atoms with Crippen molar-refractivity contribution in [2.45, 2.75) is 11.3 Å². The second kappa shape index (κ2) is 8.44. The molecule has 0 saturated carbocycles. The summed E-state index contributed by atoms with van der Waals surface area (Å²) >= 11 is 7.58. The zero-order valence-electron chi connectivity index (χ0n) is 10.9. The number of nitrogens with zero attached hydrogens (tertiary/aromatic N) is 2. The molecule has 0 aromatic heterocycles. The van der Waals surface area contributed by atoms with E-state index in [1.165, 1.54) is 25.1 Å². The quantitative estimate of drug-likeness (QED) is 0.273. The van der Waals surface area contributed by atoms with E-state index in [4.69, 9.17) is 23.1 Å². The molecule has 0 bridgehead atoms. The van der Waals surface area contributed by atoms with Gasteiger partial charge in [0.05, 0.1) is 24.8 Å². The van der Waals surface area contributed by atoms with Crippen LogP contribution >= 0.6 is 23.4 Å². The third-order valence-electron chi connectivity index (χ3n) is 2.16. The molecule has 8 heteroatoms. The summed E-state index contributed by atoms with van der Waals surface area (Å²) in [5, 5.41) is 7.80. The Morgan fingerprint density at radius 2 is 2.25 bits per heavy atom. The van der Waals surface area contributed by atoms with Crippen LogP contribution in [0.25, 0.3) is 0 Å². The van der Waals surface area contributed by atoms with Gasteiger partial charge < -0.3 is 16.2 Å². The van der Waals surface area contributed by atoms with Crippen LogP contribution in [0.5, 0.6) is 0 Å². The van der Waals surface area contributed by atoms with Gasteiger partial charge in [0, 0.05) is 16.2 Å². The summed E-state index contributed by atoms with van der Waals surface area (Å²) in [5.74, 6) is 0.194. The van der Waals surface area contributed by atoms with E-state index in [0.717, 1.165) is 4.90 Å². The Balaban J connectivity index is 2.80. The fourth-order valence-corrected chi connectivity index (χ4v) is 2.53. The number of esters is 1. The Morgan fingerprint density at radius 3 is 2.90 bits per heavy atom. The molecule has 0 saturated heterocycles. The molecule has 0 fully saturated rings. The first-order valence-electron chi connectivity index (χ1n) is 5.64. The van der Waals surface area contributed by atoms with E-state index in [1.54, 1.807) is 6.07 Å². The second-order valence-electron chi connectivity index (χ2n) is 3.60. The van der Waals surface area contributed by atoms with Crippen molar-refractivity contribution in [3.05, 3.63) is 28.8 Å². The van der Waals surface area contributed by atoms with Crippen molar-refractivity contribution in [2.75, 3.05) is 12.9 Å². The molecule has 0 atom stereocenters. The third-order valence-corrected chi connectivity index (χ3v) is 3.57. The number of carbonyl (C=O) groups excluding carboxylic acids is 1. The first-order chi connectivity index (χ1) is 9.54. The van der Waals surface area contributed by atoms with E-state index >= 15 is 0 Å².